The van der Waals surface area contributed by atoms with E-state index >= 15 is 0 Å². The number of rotatable bonds is 9. The fourth-order valence-corrected chi connectivity index (χ4v) is 6.51. The number of sulfonamides is 1. The van der Waals surface area contributed by atoms with Crippen LogP contribution in [0.1, 0.15) is 18.4 Å². The van der Waals surface area contributed by atoms with Crippen molar-refractivity contribution in [3.05, 3.63) is 77.0 Å². The molecular formula is C26H30F2N2O5S. The van der Waals surface area contributed by atoms with Crippen LogP contribution in [0, 0.1) is 11.6 Å². The Hall–Kier alpha value is -2.95. The van der Waals surface area contributed by atoms with Crippen molar-refractivity contribution in [3.63, 3.8) is 0 Å². The van der Waals surface area contributed by atoms with Crippen molar-refractivity contribution < 1.29 is 31.4 Å². The molecular weight excluding hydrogens is 490 g/mol. The third kappa shape index (κ3) is 4.98. The molecule has 36 heavy (non-hydrogen) atoms. The highest BCUT2D eigenvalue weighted by molar-refractivity contribution is 7.89. The van der Waals surface area contributed by atoms with Gasteiger partial charge in [0, 0.05) is 31.7 Å². The molecule has 4 rings (SSSR count). The Balaban J connectivity index is 1.90. The number of nitrogens with zero attached hydrogens (tertiary/aromatic N) is 1. The van der Waals surface area contributed by atoms with Gasteiger partial charge in [-0.05, 0) is 49.2 Å². The van der Waals surface area contributed by atoms with E-state index < -0.39 is 33.8 Å². The van der Waals surface area contributed by atoms with Crippen LogP contribution in [0.3, 0.4) is 0 Å². The van der Waals surface area contributed by atoms with Gasteiger partial charge in [-0.2, -0.15) is 0 Å². The maximum absolute atomic E-state index is 14.6. The van der Waals surface area contributed by atoms with Crippen molar-refractivity contribution in [2.75, 3.05) is 34.4 Å². The van der Waals surface area contributed by atoms with Gasteiger partial charge >= 0.3 is 0 Å². The van der Waals surface area contributed by atoms with Gasteiger partial charge in [-0.15, -0.1) is 0 Å². The molecule has 1 aliphatic carbocycles. The minimum atomic E-state index is -4.13. The van der Waals surface area contributed by atoms with Crippen molar-refractivity contribution in [2.45, 2.75) is 36.3 Å². The molecule has 1 fully saturated rings. The number of halogens is 2. The zero-order valence-corrected chi connectivity index (χ0v) is 21.3. The summed E-state index contributed by atoms with van der Waals surface area (Å²) >= 11 is 0. The topological polar surface area (TPSA) is 77.1 Å². The summed E-state index contributed by atoms with van der Waals surface area (Å²) in [6.07, 6.45) is 3.82. The summed E-state index contributed by atoms with van der Waals surface area (Å²) in [5.41, 5.74) is 0.735. The maximum Gasteiger partial charge on any atom is 0.264 e. The molecule has 1 unspecified atom stereocenters. The molecule has 0 saturated carbocycles. The lowest BCUT2D eigenvalue weighted by atomic mass is 9.94. The van der Waals surface area contributed by atoms with Crippen molar-refractivity contribution in [1.29, 1.82) is 0 Å². The first kappa shape index (κ1) is 26.1. The van der Waals surface area contributed by atoms with Gasteiger partial charge in [-0.1, -0.05) is 18.2 Å². The third-order valence-electron chi connectivity index (χ3n) is 6.53. The fraction of sp³-hybridized carbons (Fsp3) is 0.385. The number of methoxy groups -OCH3 is 3. The molecule has 0 aromatic heterocycles. The van der Waals surface area contributed by atoms with Crippen molar-refractivity contribution >= 4 is 10.0 Å². The van der Waals surface area contributed by atoms with Gasteiger partial charge < -0.3 is 19.5 Å². The summed E-state index contributed by atoms with van der Waals surface area (Å²) < 4.78 is 75.3. The summed E-state index contributed by atoms with van der Waals surface area (Å²) in [6.45, 7) is 1.07. The van der Waals surface area contributed by atoms with E-state index in [1.54, 1.807) is 6.08 Å². The number of hydrogen-bond acceptors (Lipinski definition) is 6. The summed E-state index contributed by atoms with van der Waals surface area (Å²) in [7, 11) is 0.273. The highest BCUT2D eigenvalue weighted by Gasteiger charge is 2.40. The third-order valence-corrected chi connectivity index (χ3v) is 8.39. The Bertz CT molecular complexity index is 1250. The van der Waals surface area contributed by atoms with Crippen LogP contribution in [0.5, 0.6) is 11.5 Å². The number of ether oxygens (including phenoxy) is 3. The van der Waals surface area contributed by atoms with Crippen LogP contribution in [0.4, 0.5) is 8.78 Å². The molecule has 1 heterocycles. The largest absolute Gasteiger partial charge is 0.493 e. The van der Waals surface area contributed by atoms with E-state index in [9.17, 15) is 17.2 Å². The first-order chi connectivity index (χ1) is 17.3. The highest BCUT2D eigenvalue weighted by Crippen LogP contribution is 2.37. The summed E-state index contributed by atoms with van der Waals surface area (Å²) in [5, 5.41) is 3.22. The Labute approximate surface area is 210 Å². The molecule has 1 N–H and O–H groups in total. The Morgan fingerprint density at radius 3 is 2.39 bits per heavy atom. The summed E-state index contributed by atoms with van der Waals surface area (Å²) in [4.78, 5) is 0.0142. The van der Waals surface area contributed by atoms with Gasteiger partial charge in [-0.25, -0.2) is 17.2 Å². The molecule has 194 valence electrons. The average Bonchev–Trinajstić information content (AvgIpc) is 3.40. The first-order valence-corrected chi connectivity index (χ1v) is 13.1. The number of nitrogens with one attached hydrogen (secondary N) is 1. The fourth-order valence-electron chi connectivity index (χ4n) is 4.72. The Kier molecular flexibility index (Phi) is 7.97. The van der Waals surface area contributed by atoms with E-state index in [-0.39, 0.29) is 22.6 Å². The minimum absolute atomic E-state index is 0.0142. The standard InChI is InChI=1S/C26H30F2N2O5S/c1-33-23-11-10-19(15-25(23)35-3)36(31,32)30(18-12-13-29-16-18)26-17(6-4-9-24(26)34-2)14-20-21(27)7-5-8-22(20)28/h4-8,10-11,15,18,24,29H,9,12-14,16H2,1-3H3/t18-,24?/m0/s1. The van der Waals surface area contributed by atoms with Crippen LogP contribution < -0.4 is 14.8 Å². The molecule has 0 radical (unpaired) electrons. The molecule has 0 amide bonds. The lowest BCUT2D eigenvalue weighted by Gasteiger charge is -2.38. The van der Waals surface area contributed by atoms with Gasteiger partial charge in [0.25, 0.3) is 10.0 Å². The number of allylic oxidation sites excluding steroid dienone is 2. The predicted molar refractivity (Wildman–Crippen MR) is 131 cm³/mol. The second-order valence-corrected chi connectivity index (χ2v) is 10.4. The summed E-state index contributed by atoms with van der Waals surface area (Å²) in [6, 6.07) is 7.69. The zero-order valence-electron chi connectivity index (χ0n) is 20.5. The van der Waals surface area contributed by atoms with E-state index in [2.05, 4.69) is 5.32 Å². The molecule has 7 nitrogen and oxygen atoms in total. The van der Waals surface area contributed by atoms with E-state index in [0.29, 0.717) is 43.0 Å². The second-order valence-electron chi connectivity index (χ2n) is 8.61. The lowest BCUT2D eigenvalue weighted by Crippen LogP contribution is -2.45. The van der Waals surface area contributed by atoms with E-state index in [4.69, 9.17) is 14.2 Å². The highest BCUT2D eigenvalue weighted by atomic mass is 32.2. The average molecular weight is 521 g/mol. The molecule has 2 atom stereocenters. The Morgan fingerprint density at radius 1 is 1.06 bits per heavy atom. The van der Waals surface area contributed by atoms with Crippen molar-refractivity contribution in [2.24, 2.45) is 0 Å². The quantitative estimate of drug-likeness (QED) is 0.542. The molecule has 1 saturated heterocycles. The second kappa shape index (κ2) is 11.0. The van der Waals surface area contributed by atoms with Gasteiger partial charge in [-0.3, -0.25) is 4.31 Å². The molecule has 2 aliphatic rings. The lowest BCUT2D eigenvalue weighted by molar-refractivity contribution is 0.110. The minimum Gasteiger partial charge on any atom is -0.493 e. The van der Waals surface area contributed by atoms with Crippen LogP contribution in [-0.2, 0) is 21.2 Å². The first-order valence-electron chi connectivity index (χ1n) is 11.6. The van der Waals surface area contributed by atoms with Gasteiger partial charge in [0.1, 0.15) is 17.7 Å². The maximum atomic E-state index is 14.6. The monoisotopic (exact) mass is 520 g/mol. The van der Waals surface area contributed by atoms with Crippen LogP contribution in [0.25, 0.3) is 0 Å². The number of benzene rings is 2. The Morgan fingerprint density at radius 2 is 1.78 bits per heavy atom. The van der Waals surface area contributed by atoms with E-state index in [1.807, 2.05) is 6.08 Å². The van der Waals surface area contributed by atoms with Crippen LogP contribution in [0.15, 0.2) is 64.7 Å². The van der Waals surface area contributed by atoms with Crippen molar-refractivity contribution in [3.8, 4) is 11.5 Å². The van der Waals surface area contributed by atoms with Gasteiger partial charge in [0.2, 0.25) is 0 Å². The predicted octanol–water partition coefficient (Wildman–Crippen LogP) is 3.81. The smallest absolute Gasteiger partial charge is 0.264 e. The molecule has 2 aromatic rings. The normalized spacial score (nSPS) is 20.0. The SMILES string of the molecule is COc1ccc(S(=O)(=O)N(C2=C(Cc3c(F)cccc3F)C=CCC2OC)[C@H]2CCNC2)cc1OC. The van der Waals surface area contributed by atoms with Crippen LogP contribution in [-0.4, -0.2) is 59.3 Å². The zero-order chi connectivity index (χ0) is 25.9. The molecule has 0 spiro atoms. The van der Waals surface area contributed by atoms with Crippen LogP contribution >= 0.6 is 0 Å². The van der Waals surface area contributed by atoms with Gasteiger partial charge in [0.15, 0.2) is 11.5 Å². The molecule has 10 heteroatoms. The van der Waals surface area contributed by atoms with Crippen molar-refractivity contribution in [1.82, 2.24) is 9.62 Å². The molecule has 0 bridgehead atoms. The van der Waals surface area contributed by atoms with Crippen LogP contribution in [0.2, 0.25) is 0 Å². The molecule has 2 aromatic carbocycles. The molecule has 1 aliphatic heterocycles. The summed E-state index contributed by atoms with van der Waals surface area (Å²) in [5.74, 6) is -0.702. The number of hydrogen-bond donors (Lipinski definition) is 1. The van der Waals surface area contributed by atoms with E-state index in [1.165, 1.54) is 62.0 Å². The van der Waals surface area contributed by atoms with Gasteiger partial charge in [0.05, 0.1) is 30.9 Å². The van der Waals surface area contributed by atoms with E-state index in [0.717, 1.165) is 0 Å².